The van der Waals surface area contributed by atoms with E-state index >= 15 is 0 Å². The molecule has 0 aliphatic carbocycles. The van der Waals surface area contributed by atoms with Crippen LogP contribution in [0.5, 0.6) is 0 Å². The summed E-state index contributed by atoms with van der Waals surface area (Å²) in [7, 11) is 0. The summed E-state index contributed by atoms with van der Waals surface area (Å²) in [5, 5.41) is 6.96. The average molecular weight is 378 g/mol. The molecule has 0 radical (unpaired) electrons. The maximum Gasteiger partial charge on any atom is 0.255 e. The third-order valence-corrected chi connectivity index (χ3v) is 4.67. The van der Waals surface area contributed by atoms with Gasteiger partial charge in [-0.05, 0) is 36.8 Å². The molecule has 0 fully saturated rings. The fraction of sp³-hybridized carbons (Fsp3) is 0.190. The average Bonchev–Trinajstić information content (AvgIpc) is 3.07. The van der Waals surface area contributed by atoms with Crippen molar-refractivity contribution in [1.29, 1.82) is 0 Å². The van der Waals surface area contributed by atoms with Crippen molar-refractivity contribution in [3.63, 3.8) is 0 Å². The Bertz CT molecular complexity index is 1040. The van der Waals surface area contributed by atoms with E-state index in [0.717, 1.165) is 17.1 Å². The molecule has 1 N–H and O–H groups in total. The normalized spacial score (nSPS) is 13.4. The lowest BCUT2D eigenvalue weighted by molar-refractivity contribution is -0.119. The van der Waals surface area contributed by atoms with Crippen LogP contribution in [0.3, 0.4) is 0 Å². The standard InChI is InChI=1S/C21H19FN4O2/c1-14-12-19-25(20(27)10-11-26(19)24-14)13-15-6-8-16(9-7-15)21(28)23-18-5-3-2-4-17(18)22/h2-9,12H,10-11,13H2,1H3,(H,23,28). The summed E-state index contributed by atoms with van der Waals surface area (Å²) in [6.45, 7) is 2.89. The number of benzene rings is 2. The van der Waals surface area contributed by atoms with Crippen LogP contribution in [0.15, 0.2) is 54.6 Å². The van der Waals surface area contributed by atoms with Gasteiger partial charge in [-0.15, -0.1) is 0 Å². The Morgan fingerprint density at radius 1 is 1.18 bits per heavy atom. The largest absolute Gasteiger partial charge is 0.319 e. The lowest BCUT2D eigenvalue weighted by Gasteiger charge is -2.27. The van der Waals surface area contributed by atoms with Crippen molar-refractivity contribution < 1.29 is 14.0 Å². The Labute approximate surface area is 161 Å². The molecule has 0 saturated carbocycles. The predicted molar refractivity (Wildman–Crippen MR) is 104 cm³/mol. The number of rotatable bonds is 4. The highest BCUT2D eigenvalue weighted by atomic mass is 19.1. The van der Waals surface area contributed by atoms with Gasteiger partial charge in [0.25, 0.3) is 5.91 Å². The Morgan fingerprint density at radius 3 is 2.68 bits per heavy atom. The van der Waals surface area contributed by atoms with Crippen LogP contribution in [0.1, 0.15) is 28.0 Å². The minimum absolute atomic E-state index is 0.0498. The highest BCUT2D eigenvalue weighted by Crippen LogP contribution is 2.24. The van der Waals surface area contributed by atoms with E-state index in [9.17, 15) is 14.0 Å². The zero-order valence-corrected chi connectivity index (χ0v) is 15.4. The number of amides is 2. The van der Waals surface area contributed by atoms with Gasteiger partial charge in [-0.1, -0.05) is 24.3 Å². The van der Waals surface area contributed by atoms with Gasteiger partial charge < -0.3 is 5.32 Å². The first-order valence-corrected chi connectivity index (χ1v) is 9.01. The predicted octanol–water partition coefficient (Wildman–Crippen LogP) is 3.52. The van der Waals surface area contributed by atoms with Gasteiger partial charge >= 0.3 is 0 Å². The number of aromatic nitrogens is 2. The van der Waals surface area contributed by atoms with Crippen molar-refractivity contribution in [3.05, 3.63) is 77.2 Å². The van der Waals surface area contributed by atoms with Gasteiger partial charge in [0, 0.05) is 18.1 Å². The number of carbonyl (C=O) groups excluding carboxylic acids is 2. The summed E-state index contributed by atoms with van der Waals surface area (Å²) in [6, 6.07) is 14.9. The summed E-state index contributed by atoms with van der Waals surface area (Å²) < 4.78 is 15.5. The van der Waals surface area contributed by atoms with Gasteiger partial charge in [-0.2, -0.15) is 5.10 Å². The number of halogens is 1. The Kier molecular flexibility index (Phi) is 4.65. The quantitative estimate of drug-likeness (QED) is 0.755. The molecular weight excluding hydrogens is 359 g/mol. The summed E-state index contributed by atoms with van der Waals surface area (Å²) in [6.07, 6.45) is 0.414. The van der Waals surface area contributed by atoms with Crippen LogP contribution in [0.2, 0.25) is 0 Å². The van der Waals surface area contributed by atoms with E-state index in [4.69, 9.17) is 0 Å². The Hall–Kier alpha value is -3.48. The molecule has 0 unspecified atom stereocenters. The summed E-state index contributed by atoms with van der Waals surface area (Å²) in [5.74, 6) is -0.0359. The fourth-order valence-electron chi connectivity index (χ4n) is 3.25. The van der Waals surface area contributed by atoms with Crippen LogP contribution in [-0.2, 0) is 17.9 Å². The zero-order chi connectivity index (χ0) is 19.7. The highest BCUT2D eigenvalue weighted by molar-refractivity contribution is 6.04. The molecule has 2 aromatic carbocycles. The van der Waals surface area contributed by atoms with Crippen molar-refractivity contribution in [2.45, 2.75) is 26.4 Å². The van der Waals surface area contributed by atoms with Crippen molar-refractivity contribution in [3.8, 4) is 0 Å². The van der Waals surface area contributed by atoms with Crippen molar-refractivity contribution >= 4 is 23.3 Å². The Balaban J connectivity index is 1.49. The maximum atomic E-state index is 13.7. The van der Waals surface area contributed by atoms with Gasteiger partial charge in [0.1, 0.15) is 11.6 Å². The minimum atomic E-state index is -0.483. The second-order valence-electron chi connectivity index (χ2n) is 6.73. The van der Waals surface area contributed by atoms with Crippen LogP contribution in [0, 0.1) is 12.7 Å². The first-order valence-electron chi connectivity index (χ1n) is 9.01. The van der Waals surface area contributed by atoms with Crippen molar-refractivity contribution in [2.24, 2.45) is 0 Å². The fourth-order valence-corrected chi connectivity index (χ4v) is 3.25. The molecule has 28 heavy (non-hydrogen) atoms. The smallest absolute Gasteiger partial charge is 0.255 e. The third-order valence-electron chi connectivity index (χ3n) is 4.67. The second-order valence-corrected chi connectivity index (χ2v) is 6.73. The van der Waals surface area contributed by atoms with Gasteiger partial charge in [-0.25, -0.2) is 9.07 Å². The molecule has 1 aliphatic rings. The summed E-state index contributed by atoms with van der Waals surface area (Å²) in [4.78, 5) is 26.4. The van der Waals surface area contributed by atoms with E-state index in [1.807, 2.05) is 17.7 Å². The number of fused-ring (bicyclic) bond motifs is 1. The lowest BCUT2D eigenvalue weighted by atomic mass is 10.1. The van der Waals surface area contributed by atoms with E-state index in [1.54, 1.807) is 41.3 Å². The van der Waals surface area contributed by atoms with Crippen molar-refractivity contribution in [1.82, 2.24) is 9.78 Å². The first kappa shape index (κ1) is 17.9. The monoisotopic (exact) mass is 378 g/mol. The summed E-state index contributed by atoms with van der Waals surface area (Å²) >= 11 is 0. The van der Waals surface area contributed by atoms with Gasteiger partial charge in [0.15, 0.2) is 0 Å². The summed E-state index contributed by atoms with van der Waals surface area (Å²) in [5.41, 5.74) is 2.31. The molecule has 3 aromatic rings. The SMILES string of the molecule is Cc1cc2n(n1)CCC(=O)N2Cc1ccc(C(=O)Nc2ccccc2F)cc1. The van der Waals surface area contributed by atoms with E-state index in [0.29, 0.717) is 25.1 Å². The molecule has 142 valence electrons. The number of nitrogens with zero attached hydrogens (tertiary/aromatic N) is 3. The number of aryl methyl sites for hydroxylation is 2. The molecule has 0 atom stereocenters. The van der Waals surface area contributed by atoms with Crippen LogP contribution >= 0.6 is 0 Å². The molecule has 2 amide bonds. The number of nitrogens with one attached hydrogen (secondary N) is 1. The molecule has 2 heterocycles. The second kappa shape index (κ2) is 7.26. The Morgan fingerprint density at radius 2 is 1.93 bits per heavy atom. The van der Waals surface area contributed by atoms with Gasteiger partial charge in [0.05, 0.1) is 24.5 Å². The topological polar surface area (TPSA) is 67.2 Å². The maximum absolute atomic E-state index is 13.7. The van der Waals surface area contributed by atoms with E-state index in [-0.39, 0.29) is 17.5 Å². The molecule has 1 aromatic heterocycles. The number of para-hydroxylation sites is 1. The van der Waals surface area contributed by atoms with Crippen LogP contribution in [0.25, 0.3) is 0 Å². The highest BCUT2D eigenvalue weighted by Gasteiger charge is 2.25. The van der Waals surface area contributed by atoms with Crippen LogP contribution < -0.4 is 10.2 Å². The third kappa shape index (κ3) is 3.51. The molecule has 1 aliphatic heterocycles. The lowest BCUT2D eigenvalue weighted by Crippen LogP contribution is -2.36. The molecule has 6 nitrogen and oxygen atoms in total. The number of anilines is 2. The van der Waals surface area contributed by atoms with Gasteiger partial charge in [-0.3, -0.25) is 14.5 Å². The molecule has 0 bridgehead atoms. The minimum Gasteiger partial charge on any atom is -0.319 e. The zero-order valence-electron chi connectivity index (χ0n) is 15.4. The molecule has 0 spiro atoms. The van der Waals surface area contributed by atoms with E-state index < -0.39 is 5.82 Å². The number of carbonyl (C=O) groups is 2. The van der Waals surface area contributed by atoms with Crippen LogP contribution in [0.4, 0.5) is 15.9 Å². The molecule has 0 saturated heterocycles. The van der Waals surface area contributed by atoms with E-state index in [1.165, 1.54) is 12.1 Å². The van der Waals surface area contributed by atoms with E-state index in [2.05, 4.69) is 10.4 Å². The van der Waals surface area contributed by atoms with Crippen LogP contribution in [-0.4, -0.2) is 21.6 Å². The molecular formula is C21H19FN4O2. The first-order chi connectivity index (χ1) is 13.5. The van der Waals surface area contributed by atoms with Crippen molar-refractivity contribution in [2.75, 3.05) is 10.2 Å². The van der Waals surface area contributed by atoms with Gasteiger partial charge in [0.2, 0.25) is 5.91 Å². The molecule has 4 rings (SSSR count). The molecule has 7 heteroatoms. The number of hydrogen-bond donors (Lipinski definition) is 1. The number of hydrogen-bond acceptors (Lipinski definition) is 3.